The molecule has 1 saturated heterocycles. The third kappa shape index (κ3) is 4.52. The minimum absolute atomic E-state index is 0.0695. The van der Waals surface area contributed by atoms with E-state index in [2.05, 4.69) is 22.6 Å². The van der Waals surface area contributed by atoms with Crippen LogP contribution in [0.15, 0.2) is 29.2 Å². The monoisotopic (exact) mass is 365 g/mol. The average molecular weight is 365 g/mol. The van der Waals surface area contributed by atoms with Crippen molar-refractivity contribution in [1.82, 2.24) is 15.5 Å². The third-order valence-corrected chi connectivity index (χ3v) is 7.03. The van der Waals surface area contributed by atoms with Crippen molar-refractivity contribution in [2.75, 3.05) is 39.0 Å². The van der Waals surface area contributed by atoms with E-state index in [1.807, 2.05) is 12.1 Å². The normalized spacial score (nSPS) is 25.8. The second-order valence-corrected chi connectivity index (χ2v) is 9.23. The molecule has 2 aliphatic rings. The lowest BCUT2D eigenvalue weighted by atomic mass is 10.0. The van der Waals surface area contributed by atoms with Gasteiger partial charge >= 0.3 is 6.03 Å². The molecule has 0 saturated carbocycles. The number of nitrogens with zero attached hydrogens (tertiary/aromatic N) is 1. The third-order valence-electron chi connectivity index (χ3n) is 5.15. The molecule has 7 heteroatoms. The number of hydrogen-bond acceptors (Lipinski definition) is 4. The Morgan fingerprint density at radius 1 is 1.20 bits per heavy atom. The zero-order valence-electron chi connectivity index (χ0n) is 14.7. The first-order valence-electron chi connectivity index (χ1n) is 8.97. The van der Waals surface area contributed by atoms with E-state index < -0.39 is 9.84 Å². The first-order chi connectivity index (χ1) is 12.0. The van der Waals surface area contributed by atoms with E-state index in [-0.39, 0.29) is 17.7 Å². The molecule has 0 bridgehead atoms. The summed E-state index contributed by atoms with van der Waals surface area (Å²) >= 11 is 0. The summed E-state index contributed by atoms with van der Waals surface area (Å²) in [4.78, 5) is 14.8. The average Bonchev–Trinajstić information content (AvgIpc) is 2.72. The second-order valence-electron chi connectivity index (χ2n) is 7.23. The lowest BCUT2D eigenvalue weighted by Crippen LogP contribution is -2.41. The molecule has 3 rings (SSSR count). The summed E-state index contributed by atoms with van der Waals surface area (Å²) in [5.41, 5.74) is 0.813. The molecule has 2 unspecified atom stereocenters. The smallest absolute Gasteiger partial charge is 0.314 e. The van der Waals surface area contributed by atoms with Crippen LogP contribution in [0.4, 0.5) is 4.79 Å². The number of rotatable bonds is 4. The van der Waals surface area contributed by atoms with Gasteiger partial charge in [-0.2, -0.15) is 0 Å². The van der Waals surface area contributed by atoms with Gasteiger partial charge in [0.05, 0.1) is 10.6 Å². The van der Waals surface area contributed by atoms with Gasteiger partial charge in [0.25, 0.3) is 0 Å². The fraction of sp³-hybridized carbons (Fsp3) is 0.611. The Morgan fingerprint density at radius 2 is 1.96 bits per heavy atom. The van der Waals surface area contributed by atoms with Crippen molar-refractivity contribution in [2.45, 2.75) is 30.1 Å². The van der Waals surface area contributed by atoms with E-state index >= 15 is 0 Å². The molecule has 2 atom stereocenters. The Morgan fingerprint density at radius 3 is 2.80 bits per heavy atom. The fourth-order valence-corrected chi connectivity index (χ4v) is 5.72. The summed E-state index contributed by atoms with van der Waals surface area (Å²) in [6, 6.07) is 6.85. The molecular weight excluding hydrogens is 338 g/mol. The molecule has 138 valence electrons. The minimum Gasteiger partial charge on any atom is -0.338 e. The fourth-order valence-electron chi connectivity index (χ4n) is 3.83. The maximum absolute atomic E-state index is 12.2. The van der Waals surface area contributed by atoms with E-state index in [1.165, 1.54) is 12.8 Å². The number of sulfone groups is 1. The van der Waals surface area contributed by atoms with E-state index in [9.17, 15) is 13.2 Å². The SMILES string of the molecule is CN1CCCCC(CNC(=O)NCC2CS(=O)(=O)c3ccccc32)C1. The predicted octanol–water partition coefficient (Wildman–Crippen LogP) is 1.59. The van der Waals surface area contributed by atoms with Gasteiger partial charge in [0.2, 0.25) is 0 Å². The number of amides is 2. The van der Waals surface area contributed by atoms with Crippen LogP contribution in [0.3, 0.4) is 0 Å². The van der Waals surface area contributed by atoms with Crippen LogP contribution in [0.25, 0.3) is 0 Å². The first-order valence-corrected chi connectivity index (χ1v) is 10.6. The highest BCUT2D eigenvalue weighted by atomic mass is 32.2. The predicted molar refractivity (Wildman–Crippen MR) is 97.5 cm³/mol. The highest BCUT2D eigenvalue weighted by molar-refractivity contribution is 7.91. The molecule has 25 heavy (non-hydrogen) atoms. The van der Waals surface area contributed by atoms with E-state index in [0.29, 0.717) is 23.9 Å². The molecule has 6 nitrogen and oxygen atoms in total. The molecule has 2 aliphatic heterocycles. The molecule has 1 aromatic rings. The summed E-state index contributed by atoms with van der Waals surface area (Å²) in [5, 5.41) is 5.78. The highest BCUT2D eigenvalue weighted by Crippen LogP contribution is 2.34. The van der Waals surface area contributed by atoms with Crippen molar-refractivity contribution in [3.05, 3.63) is 29.8 Å². The molecule has 0 spiro atoms. The van der Waals surface area contributed by atoms with Gasteiger partial charge in [0, 0.05) is 25.6 Å². The Hall–Kier alpha value is -1.60. The van der Waals surface area contributed by atoms with Gasteiger partial charge in [-0.25, -0.2) is 13.2 Å². The van der Waals surface area contributed by atoms with Gasteiger partial charge in [-0.1, -0.05) is 24.6 Å². The second kappa shape index (κ2) is 7.74. The van der Waals surface area contributed by atoms with Gasteiger partial charge < -0.3 is 15.5 Å². The Bertz CT molecular complexity index is 720. The molecule has 1 aromatic carbocycles. The van der Waals surface area contributed by atoms with Crippen molar-refractivity contribution in [1.29, 1.82) is 0 Å². The van der Waals surface area contributed by atoms with E-state index in [4.69, 9.17) is 0 Å². The van der Waals surface area contributed by atoms with Crippen molar-refractivity contribution in [3.63, 3.8) is 0 Å². The zero-order valence-corrected chi connectivity index (χ0v) is 15.5. The number of carbonyl (C=O) groups is 1. The summed E-state index contributed by atoms with van der Waals surface area (Å²) in [5.74, 6) is 0.377. The van der Waals surface area contributed by atoms with Crippen LogP contribution >= 0.6 is 0 Å². The lowest BCUT2D eigenvalue weighted by molar-refractivity contribution is 0.234. The maximum atomic E-state index is 12.2. The Kier molecular flexibility index (Phi) is 5.64. The number of carbonyl (C=O) groups excluding carboxylic acids is 1. The molecule has 0 aliphatic carbocycles. The van der Waals surface area contributed by atoms with Gasteiger partial charge in [-0.05, 0) is 44.0 Å². The first kappa shape index (κ1) is 18.2. The number of likely N-dealkylation sites (tertiary alicyclic amines) is 1. The highest BCUT2D eigenvalue weighted by Gasteiger charge is 2.34. The van der Waals surface area contributed by atoms with Crippen LogP contribution in [-0.2, 0) is 9.84 Å². The van der Waals surface area contributed by atoms with Crippen molar-refractivity contribution in [3.8, 4) is 0 Å². The number of fused-ring (bicyclic) bond motifs is 1. The summed E-state index contributed by atoms with van der Waals surface area (Å²) in [6.45, 7) is 3.13. The van der Waals surface area contributed by atoms with E-state index in [0.717, 1.165) is 25.1 Å². The largest absolute Gasteiger partial charge is 0.338 e. The Labute approximate surface area is 149 Å². The molecule has 1 fully saturated rings. The number of urea groups is 1. The van der Waals surface area contributed by atoms with E-state index in [1.54, 1.807) is 12.1 Å². The van der Waals surface area contributed by atoms with Gasteiger partial charge in [0.1, 0.15) is 0 Å². The number of benzene rings is 1. The lowest BCUT2D eigenvalue weighted by Gasteiger charge is -2.20. The molecule has 0 radical (unpaired) electrons. The van der Waals surface area contributed by atoms with Gasteiger partial charge in [0.15, 0.2) is 9.84 Å². The van der Waals surface area contributed by atoms with Crippen molar-refractivity contribution < 1.29 is 13.2 Å². The molecule has 0 aromatic heterocycles. The minimum atomic E-state index is -3.22. The topological polar surface area (TPSA) is 78.5 Å². The molecular formula is C18H27N3O3S. The zero-order chi connectivity index (χ0) is 17.9. The Balaban J connectivity index is 1.48. The van der Waals surface area contributed by atoms with Crippen molar-refractivity contribution in [2.24, 2.45) is 5.92 Å². The van der Waals surface area contributed by atoms with Gasteiger partial charge in [-0.3, -0.25) is 0 Å². The summed E-state index contributed by atoms with van der Waals surface area (Å²) in [6.07, 6.45) is 3.56. The van der Waals surface area contributed by atoms with Crippen LogP contribution < -0.4 is 10.6 Å². The number of hydrogen-bond donors (Lipinski definition) is 2. The molecule has 2 amide bonds. The summed E-state index contributed by atoms with van der Waals surface area (Å²) < 4.78 is 24.3. The van der Waals surface area contributed by atoms with Crippen LogP contribution in [0.5, 0.6) is 0 Å². The summed E-state index contributed by atoms with van der Waals surface area (Å²) in [7, 11) is -1.10. The number of nitrogens with one attached hydrogen (secondary N) is 2. The van der Waals surface area contributed by atoms with Gasteiger partial charge in [-0.15, -0.1) is 0 Å². The molecule has 2 N–H and O–H groups in total. The van der Waals surface area contributed by atoms with Crippen LogP contribution in [0.1, 0.15) is 30.7 Å². The van der Waals surface area contributed by atoms with Crippen LogP contribution in [0.2, 0.25) is 0 Å². The molecule has 2 heterocycles. The van der Waals surface area contributed by atoms with Crippen LogP contribution in [-0.4, -0.2) is 58.3 Å². The van der Waals surface area contributed by atoms with Crippen LogP contribution in [0, 0.1) is 5.92 Å². The van der Waals surface area contributed by atoms with Crippen molar-refractivity contribution >= 4 is 15.9 Å². The maximum Gasteiger partial charge on any atom is 0.314 e. The quantitative estimate of drug-likeness (QED) is 0.849. The standard InChI is InChI=1S/C18H27N3O3S/c1-21-9-5-4-6-14(12-21)10-19-18(22)20-11-15-13-25(23,24)17-8-3-2-7-16(15)17/h2-3,7-8,14-15H,4-6,9-13H2,1H3,(H2,19,20,22).